The van der Waals surface area contributed by atoms with Crippen LogP contribution in [0.1, 0.15) is 63.3 Å². The fourth-order valence-electron chi connectivity index (χ4n) is 6.99. The summed E-state index contributed by atoms with van der Waals surface area (Å²) in [6.07, 6.45) is 2.79. The Hall–Kier alpha value is -5.41. The molecule has 308 valence electrons. The van der Waals surface area contributed by atoms with E-state index in [9.17, 15) is 28.5 Å². The van der Waals surface area contributed by atoms with Gasteiger partial charge in [-0.1, -0.05) is 85.3 Å². The van der Waals surface area contributed by atoms with Crippen molar-refractivity contribution in [3.05, 3.63) is 135 Å². The monoisotopic (exact) mass is 821 g/mol. The highest BCUT2D eigenvalue weighted by Crippen LogP contribution is 2.58. The van der Waals surface area contributed by atoms with Crippen LogP contribution in [0.5, 0.6) is 5.75 Å². The van der Waals surface area contributed by atoms with Gasteiger partial charge in [0.1, 0.15) is 49.0 Å². The maximum Gasteiger partial charge on any atom is 0.459 e. The Balaban J connectivity index is 1.37. The number of nitrogens with zero attached hydrogens (tertiary/aromatic N) is 1. The summed E-state index contributed by atoms with van der Waals surface area (Å²) in [5.74, 6) is -8.91. The van der Waals surface area contributed by atoms with Crippen molar-refractivity contribution in [2.24, 2.45) is 11.3 Å². The molecule has 2 aliphatic rings. The number of nitrogens with one attached hydrogen (secondary N) is 2. The van der Waals surface area contributed by atoms with Crippen LogP contribution in [0.15, 0.2) is 113 Å². The lowest BCUT2D eigenvalue weighted by Crippen LogP contribution is -2.50. The van der Waals surface area contributed by atoms with Gasteiger partial charge in [-0.2, -0.15) is 5.09 Å². The Bertz CT molecular complexity index is 2200. The van der Waals surface area contributed by atoms with Gasteiger partial charge in [0.15, 0.2) is 6.23 Å². The molecule has 17 heteroatoms. The average Bonchev–Trinajstić information content (AvgIpc) is 3.46. The Morgan fingerprint density at radius 3 is 2.09 bits per heavy atom. The molecule has 0 bridgehead atoms. The average molecular weight is 822 g/mol. The first-order chi connectivity index (χ1) is 27.8. The number of rotatable bonds is 16. The maximum absolute atomic E-state index is 18.1. The number of benzene rings is 3. The summed E-state index contributed by atoms with van der Waals surface area (Å²) in [4.78, 5) is 69.2. The SMILES string of the molecule is C[C@H](NP(=O)(OC[C@@]1(F)O[C@@H](n2ccc(=O)[nH]c2=O)[C@](C)(C(=O)OCc2ccccc2)[C@@H]1C(=O)OCc1ccccc1)Oc1ccccc1)C(=O)OC1CCCCC1. The highest BCUT2D eigenvalue weighted by atomic mass is 31.2. The molecule has 6 atom stereocenters. The van der Waals surface area contributed by atoms with Gasteiger partial charge in [0.2, 0.25) is 5.85 Å². The number of ether oxygens (including phenoxy) is 4. The molecule has 0 radical (unpaired) electrons. The molecule has 6 rings (SSSR count). The number of hydrogen-bond donors (Lipinski definition) is 2. The molecular weight excluding hydrogens is 776 g/mol. The smallest absolute Gasteiger partial charge is 0.459 e. The van der Waals surface area contributed by atoms with Gasteiger partial charge in [-0.3, -0.25) is 33.3 Å². The minimum atomic E-state index is -4.80. The summed E-state index contributed by atoms with van der Waals surface area (Å²) in [6.45, 7) is 0.469. The van der Waals surface area contributed by atoms with Crippen molar-refractivity contribution in [3.63, 3.8) is 0 Å². The normalized spacial score (nSPS) is 23.6. The predicted molar refractivity (Wildman–Crippen MR) is 206 cm³/mol. The predicted octanol–water partition coefficient (Wildman–Crippen LogP) is 5.90. The molecule has 2 heterocycles. The third-order valence-corrected chi connectivity index (χ3v) is 11.6. The number of hydrogen-bond acceptors (Lipinski definition) is 12. The zero-order valence-corrected chi connectivity index (χ0v) is 32.8. The Labute approximate surface area is 333 Å². The van der Waals surface area contributed by atoms with Crippen molar-refractivity contribution in [1.29, 1.82) is 0 Å². The molecule has 2 fully saturated rings. The molecule has 1 unspecified atom stereocenters. The Kier molecular flexibility index (Phi) is 13.4. The van der Waals surface area contributed by atoms with E-state index in [1.165, 1.54) is 19.1 Å². The lowest BCUT2D eigenvalue weighted by atomic mass is 9.74. The van der Waals surface area contributed by atoms with E-state index in [-0.39, 0.29) is 25.1 Å². The number of H-pyrrole nitrogens is 1. The summed E-state index contributed by atoms with van der Waals surface area (Å²) >= 11 is 0. The van der Waals surface area contributed by atoms with Crippen molar-refractivity contribution in [3.8, 4) is 5.75 Å². The molecule has 1 aliphatic carbocycles. The first kappa shape index (κ1) is 42.2. The second-order valence-corrected chi connectivity index (χ2v) is 16.1. The Morgan fingerprint density at radius 2 is 1.48 bits per heavy atom. The number of para-hydroxylation sites is 1. The number of carbonyl (C=O) groups excluding carboxylic acids is 3. The van der Waals surface area contributed by atoms with Gasteiger partial charge in [0.05, 0.1) is 0 Å². The fourth-order valence-corrected chi connectivity index (χ4v) is 8.50. The van der Waals surface area contributed by atoms with Crippen LogP contribution in [0.25, 0.3) is 0 Å². The number of carbonyl (C=O) groups is 3. The second-order valence-electron chi connectivity index (χ2n) is 14.4. The minimum Gasteiger partial charge on any atom is -0.461 e. The van der Waals surface area contributed by atoms with Crippen LogP contribution in [-0.2, 0) is 55.6 Å². The molecule has 0 spiro atoms. The quantitative estimate of drug-likeness (QED) is 0.0773. The van der Waals surface area contributed by atoms with E-state index in [1.54, 1.807) is 78.9 Å². The van der Waals surface area contributed by atoms with E-state index in [4.69, 9.17) is 28.0 Å². The van der Waals surface area contributed by atoms with E-state index >= 15 is 4.39 Å². The molecule has 2 N–H and O–H groups in total. The van der Waals surface area contributed by atoms with Crippen LogP contribution in [0.2, 0.25) is 0 Å². The first-order valence-electron chi connectivity index (χ1n) is 18.9. The number of alkyl halides is 1. The van der Waals surface area contributed by atoms with E-state index in [2.05, 4.69) is 5.09 Å². The largest absolute Gasteiger partial charge is 0.461 e. The second kappa shape index (κ2) is 18.5. The highest BCUT2D eigenvalue weighted by molar-refractivity contribution is 7.52. The third-order valence-electron chi connectivity index (χ3n) is 10.0. The maximum atomic E-state index is 18.1. The lowest BCUT2D eigenvalue weighted by molar-refractivity contribution is -0.201. The van der Waals surface area contributed by atoms with Crippen molar-refractivity contribution < 1.29 is 51.3 Å². The van der Waals surface area contributed by atoms with Crippen molar-refractivity contribution in [1.82, 2.24) is 14.6 Å². The standard InChI is InChI=1S/C41H45FN3O12P/c1-28(35(47)55-31-19-11-5-12-20-31)44-58(51,57-32-21-13-6-14-22-32)54-27-41(42)34(36(48)52-25-29-15-7-3-8-16-29)40(2,38(49)53-26-30-17-9-4-10-18-30)37(56-41)45-24-23-33(46)43-39(45)50/h3-4,6-10,13-18,21-24,28,31,34,37H,5,11-12,19-20,25-27H2,1-2H3,(H,44,51)(H,43,46,50)/t28-,34-,37+,40+,41+,58?/m0/s1. The molecule has 1 aliphatic heterocycles. The number of esters is 3. The summed E-state index contributed by atoms with van der Waals surface area (Å²) in [5, 5.41) is 2.51. The zero-order chi connectivity index (χ0) is 41.3. The number of aromatic nitrogens is 2. The minimum absolute atomic E-state index is 0.0113. The Morgan fingerprint density at radius 1 is 0.897 bits per heavy atom. The number of aromatic amines is 1. The summed E-state index contributed by atoms with van der Waals surface area (Å²) < 4.78 is 67.6. The van der Waals surface area contributed by atoms with Gasteiger partial charge in [-0.25, -0.2) is 13.8 Å². The van der Waals surface area contributed by atoms with Gasteiger partial charge in [-0.05, 0) is 62.8 Å². The van der Waals surface area contributed by atoms with Crippen molar-refractivity contribution in [2.45, 2.75) is 83.4 Å². The molecule has 1 saturated heterocycles. The number of halogens is 1. The van der Waals surface area contributed by atoms with E-state index < -0.39 is 73.0 Å². The molecule has 1 saturated carbocycles. The third kappa shape index (κ3) is 9.99. The zero-order valence-electron chi connectivity index (χ0n) is 32.0. The van der Waals surface area contributed by atoms with Crippen LogP contribution >= 0.6 is 7.75 Å². The molecule has 58 heavy (non-hydrogen) atoms. The topological polar surface area (TPSA) is 191 Å². The van der Waals surface area contributed by atoms with Gasteiger partial charge in [-0.15, -0.1) is 0 Å². The van der Waals surface area contributed by atoms with E-state index in [0.29, 0.717) is 24.0 Å². The van der Waals surface area contributed by atoms with Crippen LogP contribution < -0.4 is 20.9 Å². The fraction of sp³-hybridized carbons (Fsp3) is 0.390. The van der Waals surface area contributed by atoms with Crippen molar-refractivity contribution in [2.75, 3.05) is 6.61 Å². The molecule has 1 aromatic heterocycles. The van der Waals surface area contributed by atoms with Gasteiger partial charge < -0.3 is 23.5 Å². The van der Waals surface area contributed by atoms with Crippen LogP contribution in [0, 0.1) is 11.3 Å². The summed E-state index contributed by atoms with van der Waals surface area (Å²) in [5.41, 5.74) is -3.25. The van der Waals surface area contributed by atoms with Crippen LogP contribution in [0.4, 0.5) is 4.39 Å². The van der Waals surface area contributed by atoms with E-state index in [1.807, 2.05) is 4.98 Å². The van der Waals surface area contributed by atoms with E-state index in [0.717, 1.165) is 43.0 Å². The van der Waals surface area contributed by atoms with Crippen LogP contribution in [-0.4, -0.2) is 52.1 Å². The molecule has 4 aromatic rings. The van der Waals surface area contributed by atoms with Crippen LogP contribution in [0.3, 0.4) is 0 Å². The van der Waals surface area contributed by atoms with Gasteiger partial charge >= 0.3 is 31.3 Å². The molecule has 0 amide bonds. The molecule has 15 nitrogen and oxygen atoms in total. The summed E-state index contributed by atoms with van der Waals surface area (Å²) in [6, 6.07) is 24.3. The molecular formula is C41H45FN3O12P. The first-order valence-corrected chi connectivity index (χ1v) is 20.4. The molecule has 3 aromatic carbocycles. The highest BCUT2D eigenvalue weighted by Gasteiger charge is 2.72. The van der Waals surface area contributed by atoms with Gasteiger partial charge in [0.25, 0.3) is 5.56 Å². The summed E-state index contributed by atoms with van der Waals surface area (Å²) in [7, 11) is -4.80. The van der Waals surface area contributed by atoms with Gasteiger partial charge in [0, 0.05) is 12.3 Å². The van der Waals surface area contributed by atoms with Crippen molar-refractivity contribution >= 4 is 25.7 Å². The lowest BCUT2D eigenvalue weighted by Gasteiger charge is -2.33.